The Bertz CT molecular complexity index is 488. The minimum atomic E-state index is -0.371. The summed E-state index contributed by atoms with van der Waals surface area (Å²) in [6.07, 6.45) is 4.72. The number of carbonyl (C=O) groups excluding carboxylic acids is 2. The number of carbonyl (C=O) groups is 2. The van der Waals surface area contributed by atoms with E-state index in [0.29, 0.717) is 25.9 Å². The van der Waals surface area contributed by atoms with E-state index < -0.39 is 0 Å². The average Bonchev–Trinajstić information content (AvgIpc) is 2.59. The summed E-state index contributed by atoms with van der Waals surface area (Å²) in [4.78, 5) is 26.8. The zero-order valence-corrected chi connectivity index (χ0v) is 15.4. The predicted octanol–water partition coefficient (Wildman–Crippen LogP) is 3.55. The molecule has 0 aromatic heterocycles. The molecule has 2 amide bonds. The van der Waals surface area contributed by atoms with Crippen molar-refractivity contribution in [1.29, 1.82) is 0 Å². The van der Waals surface area contributed by atoms with Crippen molar-refractivity contribution in [3.63, 3.8) is 0 Å². The fourth-order valence-electron chi connectivity index (χ4n) is 2.76. The fraction of sp³-hybridized carbons (Fsp3) is 0.600. The van der Waals surface area contributed by atoms with Crippen molar-refractivity contribution in [1.82, 2.24) is 10.2 Å². The van der Waals surface area contributed by atoms with Gasteiger partial charge in [0.1, 0.15) is 6.04 Å². The number of rotatable bonds is 11. The van der Waals surface area contributed by atoms with Crippen LogP contribution in [0.3, 0.4) is 0 Å². The Morgan fingerprint density at radius 3 is 2.38 bits per heavy atom. The Morgan fingerprint density at radius 2 is 1.79 bits per heavy atom. The summed E-state index contributed by atoms with van der Waals surface area (Å²) in [5.74, 6) is 0.0504. The van der Waals surface area contributed by atoms with Crippen LogP contribution >= 0.6 is 0 Å². The molecule has 4 nitrogen and oxygen atoms in total. The number of nitrogens with one attached hydrogen (secondary N) is 1. The molecule has 0 saturated carbocycles. The van der Waals surface area contributed by atoms with E-state index in [9.17, 15) is 9.59 Å². The molecule has 0 fully saturated rings. The molecule has 1 unspecified atom stereocenters. The molecular formula is C20H32N2O2. The standard InChI is InChI=1S/C20H32N2O2/c1-4-7-15-21-20(24)18(6-3)22(19(23)11-5-2)16-14-17-12-9-8-10-13-17/h8-10,12-13,18H,4-7,11,14-16H2,1-3H3,(H,21,24). The summed E-state index contributed by atoms with van der Waals surface area (Å²) in [7, 11) is 0. The van der Waals surface area contributed by atoms with Crippen molar-refractivity contribution in [3.8, 4) is 0 Å². The van der Waals surface area contributed by atoms with Crippen LogP contribution < -0.4 is 5.32 Å². The summed E-state index contributed by atoms with van der Waals surface area (Å²) in [6.45, 7) is 7.33. The van der Waals surface area contributed by atoms with Crippen molar-refractivity contribution < 1.29 is 9.59 Å². The predicted molar refractivity (Wildman–Crippen MR) is 98.8 cm³/mol. The van der Waals surface area contributed by atoms with Gasteiger partial charge < -0.3 is 10.2 Å². The Morgan fingerprint density at radius 1 is 1.08 bits per heavy atom. The second-order valence-electron chi connectivity index (χ2n) is 6.14. The molecule has 0 aliphatic carbocycles. The van der Waals surface area contributed by atoms with Crippen LogP contribution in [-0.4, -0.2) is 35.8 Å². The number of unbranched alkanes of at least 4 members (excludes halogenated alkanes) is 1. The maximum absolute atomic E-state index is 12.5. The van der Waals surface area contributed by atoms with E-state index in [-0.39, 0.29) is 17.9 Å². The normalized spacial score (nSPS) is 11.8. The lowest BCUT2D eigenvalue weighted by atomic mass is 10.1. The van der Waals surface area contributed by atoms with Gasteiger partial charge in [-0.2, -0.15) is 0 Å². The third-order valence-electron chi connectivity index (χ3n) is 4.16. The smallest absolute Gasteiger partial charge is 0.242 e. The summed E-state index contributed by atoms with van der Waals surface area (Å²) in [5.41, 5.74) is 1.19. The topological polar surface area (TPSA) is 49.4 Å². The highest BCUT2D eigenvalue weighted by Gasteiger charge is 2.27. The highest BCUT2D eigenvalue weighted by atomic mass is 16.2. The first-order valence-electron chi connectivity index (χ1n) is 9.25. The van der Waals surface area contributed by atoms with E-state index in [2.05, 4.69) is 24.4 Å². The Labute approximate surface area is 146 Å². The van der Waals surface area contributed by atoms with Crippen LogP contribution in [-0.2, 0) is 16.0 Å². The second kappa shape index (κ2) is 11.7. The molecule has 134 valence electrons. The van der Waals surface area contributed by atoms with Crippen LogP contribution in [0.1, 0.15) is 58.4 Å². The lowest BCUT2D eigenvalue weighted by Gasteiger charge is -2.30. The van der Waals surface area contributed by atoms with Crippen molar-refractivity contribution in [2.24, 2.45) is 0 Å². The molecule has 0 heterocycles. The molecule has 0 spiro atoms. The number of hydrogen-bond acceptors (Lipinski definition) is 2. The van der Waals surface area contributed by atoms with Gasteiger partial charge in [0.2, 0.25) is 11.8 Å². The number of nitrogens with zero attached hydrogens (tertiary/aromatic N) is 1. The number of benzene rings is 1. The zero-order valence-electron chi connectivity index (χ0n) is 15.4. The van der Waals surface area contributed by atoms with Gasteiger partial charge in [0.15, 0.2) is 0 Å². The van der Waals surface area contributed by atoms with E-state index >= 15 is 0 Å². The summed E-state index contributed by atoms with van der Waals surface area (Å²) in [6, 6.07) is 9.74. The molecule has 1 N–H and O–H groups in total. The van der Waals surface area contributed by atoms with Crippen LogP contribution in [0.4, 0.5) is 0 Å². The van der Waals surface area contributed by atoms with E-state index in [1.807, 2.05) is 32.0 Å². The summed E-state index contributed by atoms with van der Waals surface area (Å²) < 4.78 is 0. The van der Waals surface area contributed by atoms with Crippen molar-refractivity contribution in [2.45, 2.75) is 65.3 Å². The molecule has 0 aliphatic rings. The van der Waals surface area contributed by atoms with Gasteiger partial charge in [-0.15, -0.1) is 0 Å². The second-order valence-corrected chi connectivity index (χ2v) is 6.14. The Balaban J connectivity index is 2.77. The average molecular weight is 332 g/mol. The molecule has 0 radical (unpaired) electrons. The lowest BCUT2D eigenvalue weighted by molar-refractivity contribution is -0.140. The number of amides is 2. The van der Waals surface area contributed by atoms with Crippen LogP contribution in [0.5, 0.6) is 0 Å². The Kier molecular flexibility index (Phi) is 9.81. The van der Waals surface area contributed by atoms with Crippen molar-refractivity contribution in [3.05, 3.63) is 35.9 Å². The van der Waals surface area contributed by atoms with Gasteiger partial charge in [0, 0.05) is 19.5 Å². The van der Waals surface area contributed by atoms with Gasteiger partial charge in [0.05, 0.1) is 0 Å². The van der Waals surface area contributed by atoms with E-state index in [1.165, 1.54) is 5.56 Å². The maximum Gasteiger partial charge on any atom is 0.242 e. The lowest BCUT2D eigenvalue weighted by Crippen LogP contribution is -2.50. The third-order valence-corrected chi connectivity index (χ3v) is 4.16. The molecule has 0 saturated heterocycles. The minimum absolute atomic E-state index is 0.0246. The molecule has 1 aromatic rings. The molecular weight excluding hydrogens is 300 g/mol. The van der Waals surface area contributed by atoms with Gasteiger partial charge in [-0.25, -0.2) is 0 Å². The fourth-order valence-corrected chi connectivity index (χ4v) is 2.76. The molecule has 0 bridgehead atoms. The first-order chi connectivity index (χ1) is 11.6. The van der Waals surface area contributed by atoms with E-state index in [1.54, 1.807) is 4.90 Å². The molecule has 4 heteroatoms. The molecule has 1 atom stereocenters. The van der Waals surface area contributed by atoms with E-state index in [0.717, 1.165) is 25.7 Å². The van der Waals surface area contributed by atoms with Gasteiger partial charge in [-0.3, -0.25) is 9.59 Å². The highest BCUT2D eigenvalue weighted by molar-refractivity contribution is 5.87. The quantitative estimate of drug-likeness (QED) is 0.630. The van der Waals surface area contributed by atoms with Crippen molar-refractivity contribution in [2.75, 3.05) is 13.1 Å². The Hall–Kier alpha value is -1.84. The first kappa shape index (κ1) is 20.2. The number of hydrogen-bond donors (Lipinski definition) is 1. The zero-order chi connectivity index (χ0) is 17.8. The monoisotopic (exact) mass is 332 g/mol. The van der Waals surface area contributed by atoms with Gasteiger partial charge in [0.25, 0.3) is 0 Å². The molecule has 1 rings (SSSR count). The largest absolute Gasteiger partial charge is 0.354 e. The molecule has 24 heavy (non-hydrogen) atoms. The summed E-state index contributed by atoms with van der Waals surface area (Å²) >= 11 is 0. The van der Waals surface area contributed by atoms with Crippen LogP contribution in [0.25, 0.3) is 0 Å². The van der Waals surface area contributed by atoms with Crippen LogP contribution in [0.15, 0.2) is 30.3 Å². The van der Waals surface area contributed by atoms with Gasteiger partial charge in [-0.1, -0.05) is 57.5 Å². The highest BCUT2D eigenvalue weighted by Crippen LogP contribution is 2.11. The summed E-state index contributed by atoms with van der Waals surface area (Å²) in [5, 5.41) is 2.98. The minimum Gasteiger partial charge on any atom is -0.354 e. The first-order valence-corrected chi connectivity index (χ1v) is 9.25. The third kappa shape index (κ3) is 6.73. The molecule has 0 aliphatic heterocycles. The SMILES string of the molecule is CCCCNC(=O)C(CC)N(CCc1ccccc1)C(=O)CCC. The van der Waals surface area contributed by atoms with Crippen LogP contribution in [0, 0.1) is 0 Å². The van der Waals surface area contributed by atoms with Gasteiger partial charge >= 0.3 is 0 Å². The van der Waals surface area contributed by atoms with E-state index in [4.69, 9.17) is 0 Å². The van der Waals surface area contributed by atoms with Crippen LogP contribution in [0.2, 0.25) is 0 Å². The maximum atomic E-state index is 12.5. The molecule has 1 aromatic carbocycles. The van der Waals surface area contributed by atoms with Crippen molar-refractivity contribution >= 4 is 11.8 Å². The van der Waals surface area contributed by atoms with Gasteiger partial charge in [-0.05, 0) is 31.2 Å².